The Morgan fingerprint density at radius 3 is 2.94 bits per heavy atom. The van der Waals surface area contributed by atoms with Gasteiger partial charge < -0.3 is 9.15 Å². The van der Waals surface area contributed by atoms with E-state index in [1.807, 2.05) is 0 Å². The number of ether oxygens (including phenoxy) is 1. The summed E-state index contributed by atoms with van der Waals surface area (Å²) in [6, 6.07) is 1.76. The summed E-state index contributed by atoms with van der Waals surface area (Å²) in [6.07, 6.45) is 8.36. The highest BCUT2D eigenvalue weighted by Crippen LogP contribution is 2.44. The Labute approximate surface area is 94.8 Å². The number of carbonyl (C=O) groups is 1. The molecule has 1 aliphatic heterocycles. The number of furan rings is 1. The van der Waals surface area contributed by atoms with E-state index >= 15 is 0 Å². The van der Waals surface area contributed by atoms with Gasteiger partial charge in [0.1, 0.15) is 6.26 Å². The van der Waals surface area contributed by atoms with E-state index in [1.54, 1.807) is 18.6 Å². The molecule has 0 bridgehead atoms. The van der Waals surface area contributed by atoms with E-state index in [2.05, 4.69) is 0 Å². The van der Waals surface area contributed by atoms with Crippen molar-refractivity contribution in [1.82, 2.24) is 0 Å². The van der Waals surface area contributed by atoms with Gasteiger partial charge in [-0.15, -0.1) is 0 Å². The molecule has 1 saturated heterocycles. The first-order valence-corrected chi connectivity index (χ1v) is 5.99. The van der Waals surface area contributed by atoms with Crippen LogP contribution in [-0.2, 0) is 4.74 Å². The van der Waals surface area contributed by atoms with Crippen molar-refractivity contribution >= 4 is 5.78 Å². The molecule has 86 valence electrons. The molecule has 1 aromatic heterocycles. The van der Waals surface area contributed by atoms with Crippen LogP contribution in [0.25, 0.3) is 0 Å². The lowest BCUT2D eigenvalue weighted by Crippen LogP contribution is -2.47. The Bertz CT molecular complexity index is 376. The molecule has 16 heavy (non-hydrogen) atoms. The summed E-state index contributed by atoms with van der Waals surface area (Å²) in [5, 5.41) is 0. The van der Waals surface area contributed by atoms with Gasteiger partial charge in [0.2, 0.25) is 0 Å². The Morgan fingerprint density at radius 2 is 2.31 bits per heavy atom. The standard InChI is InChI=1S/C13H16O3/c14-12(11-2-6-15-9-11)10-3-7-16-13(8-10)4-1-5-13/h2,6,9-10H,1,3-5,7-8H2. The van der Waals surface area contributed by atoms with Crippen LogP contribution in [0.15, 0.2) is 23.0 Å². The molecule has 1 aromatic rings. The Morgan fingerprint density at radius 1 is 1.44 bits per heavy atom. The SMILES string of the molecule is O=C(c1ccoc1)C1CCOC2(CCC2)C1. The average Bonchev–Trinajstić information content (AvgIpc) is 2.79. The lowest BCUT2D eigenvalue weighted by atomic mass is 9.71. The second-order valence-electron chi connectivity index (χ2n) is 4.95. The number of ketones is 1. The summed E-state index contributed by atoms with van der Waals surface area (Å²) < 4.78 is 10.8. The Hall–Kier alpha value is -1.09. The van der Waals surface area contributed by atoms with Crippen LogP contribution in [-0.4, -0.2) is 18.0 Å². The fourth-order valence-corrected chi connectivity index (χ4v) is 2.81. The number of hydrogen-bond acceptors (Lipinski definition) is 3. The summed E-state index contributed by atoms with van der Waals surface area (Å²) in [5.41, 5.74) is 0.754. The summed E-state index contributed by atoms with van der Waals surface area (Å²) in [4.78, 5) is 12.2. The van der Waals surface area contributed by atoms with Gasteiger partial charge in [-0.1, -0.05) is 0 Å². The van der Waals surface area contributed by atoms with Crippen molar-refractivity contribution < 1.29 is 13.9 Å². The minimum Gasteiger partial charge on any atom is -0.472 e. The highest BCUT2D eigenvalue weighted by molar-refractivity contribution is 5.97. The highest BCUT2D eigenvalue weighted by atomic mass is 16.5. The zero-order chi connectivity index (χ0) is 11.0. The number of carbonyl (C=O) groups excluding carboxylic acids is 1. The maximum Gasteiger partial charge on any atom is 0.169 e. The van der Waals surface area contributed by atoms with Gasteiger partial charge in [-0.3, -0.25) is 4.79 Å². The van der Waals surface area contributed by atoms with Crippen molar-refractivity contribution in [2.45, 2.75) is 37.7 Å². The zero-order valence-electron chi connectivity index (χ0n) is 9.28. The van der Waals surface area contributed by atoms with Crippen LogP contribution >= 0.6 is 0 Å². The average molecular weight is 220 g/mol. The molecule has 1 spiro atoms. The molecule has 1 saturated carbocycles. The monoisotopic (exact) mass is 220 g/mol. The fourth-order valence-electron chi connectivity index (χ4n) is 2.81. The predicted octanol–water partition coefficient (Wildman–Crippen LogP) is 2.81. The van der Waals surface area contributed by atoms with E-state index in [1.165, 1.54) is 6.42 Å². The van der Waals surface area contributed by atoms with E-state index in [0.29, 0.717) is 5.56 Å². The first kappa shape index (κ1) is 10.1. The lowest BCUT2D eigenvalue weighted by Gasteiger charge is -2.46. The Balaban J connectivity index is 1.73. The molecule has 0 amide bonds. The molecule has 2 fully saturated rings. The van der Waals surface area contributed by atoms with Crippen LogP contribution in [0.1, 0.15) is 42.5 Å². The number of Topliss-reactive ketones (excluding diaryl/α,β-unsaturated/α-hetero) is 1. The van der Waals surface area contributed by atoms with Crippen molar-refractivity contribution in [3.05, 3.63) is 24.2 Å². The van der Waals surface area contributed by atoms with Crippen molar-refractivity contribution in [3.63, 3.8) is 0 Å². The topological polar surface area (TPSA) is 39.4 Å². The van der Waals surface area contributed by atoms with Crippen molar-refractivity contribution in [2.24, 2.45) is 5.92 Å². The van der Waals surface area contributed by atoms with Gasteiger partial charge in [-0.25, -0.2) is 0 Å². The van der Waals surface area contributed by atoms with E-state index in [-0.39, 0.29) is 17.3 Å². The molecule has 2 heterocycles. The van der Waals surface area contributed by atoms with E-state index in [4.69, 9.17) is 9.15 Å². The predicted molar refractivity (Wildman–Crippen MR) is 58.3 cm³/mol. The minimum absolute atomic E-state index is 0.0440. The normalized spacial score (nSPS) is 27.6. The molecule has 1 atom stereocenters. The van der Waals surface area contributed by atoms with Crippen molar-refractivity contribution in [1.29, 1.82) is 0 Å². The van der Waals surface area contributed by atoms with Crippen LogP contribution in [0.4, 0.5) is 0 Å². The van der Waals surface area contributed by atoms with Gasteiger partial charge in [-0.2, -0.15) is 0 Å². The third-order valence-electron chi connectivity index (χ3n) is 3.93. The molecule has 0 N–H and O–H groups in total. The van der Waals surface area contributed by atoms with Crippen LogP contribution in [0.3, 0.4) is 0 Å². The molecular weight excluding hydrogens is 204 g/mol. The summed E-state index contributed by atoms with van der Waals surface area (Å²) in [6.45, 7) is 0.730. The molecule has 2 aliphatic rings. The number of hydrogen-bond donors (Lipinski definition) is 0. The largest absolute Gasteiger partial charge is 0.472 e. The smallest absolute Gasteiger partial charge is 0.169 e. The summed E-state index contributed by atoms with van der Waals surface area (Å²) in [7, 11) is 0. The summed E-state index contributed by atoms with van der Waals surface area (Å²) >= 11 is 0. The third kappa shape index (κ3) is 1.59. The summed E-state index contributed by atoms with van der Waals surface area (Å²) in [5.74, 6) is 0.356. The highest BCUT2D eigenvalue weighted by Gasteiger charge is 2.44. The lowest BCUT2D eigenvalue weighted by molar-refractivity contribution is -0.137. The Kier molecular flexibility index (Phi) is 2.36. The minimum atomic E-state index is 0.0440. The van der Waals surface area contributed by atoms with Gasteiger partial charge in [0.05, 0.1) is 17.4 Å². The van der Waals surface area contributed by atoms with Crippen molar-refractivity contribution in [2.75, 3.05) is 6.61 Å². The van der Waals surface area contributed by atoms with Gasteiger partial charge in [0.25, 0.3) is 0 Å². The van der Waals surface area contributed by atoms with Gasteiger partial charge in [0.15, 0.2) is 5.78 Å². The van der Waals surface area contributed by atoms with Crippen LogP contribution in [0.5, 0.6) is 0 Å². The molecular formula is C13H16O3. The van der Waals surface area contributed by atoms with Crippen LogP contribution in [0.2, 0.25) is 0 Å². The van der Waals surface area contributed by atoms with E-state index in [0.717, 1.165) is 32.3 Å². The van der Waals surface area contributed by atoms with Crippen LogP contribution in [0, 0.1) is 5.92 Å². The quantitative estimate of drug-likeness (QED) is 0.719. The van der Waals surface area contributed by atoms with Gasteiger partial charge >= 0.3 is 0 Å². The molecule has 0 radical (unpaired) electrons. The first-order chi connectivity index (χ1) is 7.79. The molecule has 3 heteroatoms. The van der Waals surface area contributed by atoms with Crippen LogP contribution < -0.4 is 0 Å². The maximum absolute atomic E-state index is 12.2. The number of rotatable bonds is 2. The van der Waals surface area contributed by atoms with Gasteiger partial charge in [-0.05, 0) is 38.2 Å². The molecule has 1 unspecified atom stereocenters. The molecule has 0 aromatic carbocycles. The third-order valence-corrected chi connectivity index (χ3v) is 3.93. The maximum atomic E-state index is 12.2. The molecule has 1 aliphatic carbocycles. The van der Waals surface area contributed by atoms with Gasteiger partial charge in [0, 0.05) is 12.5 Å². The van der Waals surface area contributed by atoms with E-state index in [9.17, 15) is 4.79 Å². The molecule has 3 rings (SSSR count). The second kappa shape index (κ2) is 3.74. The van der Waals surface area contributed by atoms with Crippen molar-refractivity contribution in [3.8, 4) is 0 Å². The molecule has 3 nitrogen and oxygen atoms in total. The first-order valence-electron chi connectivity index (χ1n) is 5.99. The zero-order valence-corrected chi connectivity index (χ0v) is 9.28. The fraction of sp³-hybridized carbons (Fsp3) is 0.615. The second-order valence-corrected chi connectivity index (χ2v) is 4.95. The van der Waals surface area contributed by atoms with E-state index < -0.39 is 0 Å².